The van der Waals surface area contributed by atoms with Crippen molar-refractivity contribution in [1.82, 2.24) is 10.4 Å². The second kappa shape index (κ2) is 10.6. The van der Waals surface area contributed by atoms with Gasteiger partial charge in [0.05, 0.1) is 32.8 Å². The van der Waals surface area contributed by atoms with Crippen LogP contribution in [-0.2, 0) is 33.5 Å². The third-order valence-corrected chi connectivity index (χ3v) is 2.73. The van der Waals surface area contributed by atoms with Gasteiger partial charge < -0.3 is 24.7 Å². The van der Waals surface area contributed by atoms with Crippen LogP contribution < -0.4 is 5.32 Å². The van der Waals surface area contributed by atoms with Gasteiger partial charge in [0.15, 0.2) is 0 Å². The van der Waals surface area contributed by atoms with Crippen LogP contribution in [0, 0.1) is 0 Å². The van der Waals surface area contributed by atoms with Gasteiger partial charge in [0.2, 0.25) is 5.91 Å². The van der Waals surface area contributed by atoms with Crippen molar-refractivity contribution in [3.63, 3.8) is 0 Å². The monoisotopic (exact) mass is 332 g/mol. The third kappa shape index (κ3) is 7.68. The maximum absolute atomic E-state index is 11.4. The quantitative estimate of drug-likeness (QED) is 0.332. The van der Waals surface area contributed by atoms with Crippen LogP contribution in [-0.4, -0.2) is 73.4 Å². The lowest BCUT2D eigenvalue weighted by Gasteiger charge is -2.12. The van der Waals surface area contributed by atoms with Crippen molar-refractivity contribution in [3.05, 3.63) is 0 Å². The first-order valence-corrected chi connectivity index (χ1v) is 7.14. The maximum Gasteiger partial charge on any atom is 0.335 e. The van der Waals surface area contributed by atoms with Crippen molar-refractivity contribution in [2.75, 3.05) is 39.6 Å². The minimum Gasteiger partial charge on any atom is -0.387 e. The molecule has 1 fully saturated rings. The Morgan fingerprint density at radius 2 is 1.65 bits per heavy atom. The molecule has 2 N–H and O–H groups in total. The molecule has 10 nitrogen and oxygen atoms in total. The normalized spacial score (nSPS) is 14.2. The number of ether oxygens (including phenoxy) is 2. The van der Waals surface area contributed by atoms with Gasteiger partial charge in [-0.1, -0.05) is 0 Å². The van der Waals surface area contributed by atoms with E-state index in [1.165, 1.54) is 0 Å². The number of rotatable bonds is 11. The van der Waals surface area contributed by atoms with Gasteiger partial charge in [0.1, 0.15) is 6.61 Å². The Morgan fingerprint density at radius 3 is 2.26 bits per heavy atom. The van der Waals surface area contributed by atoms with Gasteiger partial charge in [-0.15, -0.1) is 5.06 Å². The van der Waals surface area contributed by atoms with E-state index in [2.05, 4.69) is 10.2 Å². The molecule has 1 saturated heterocycles. The van der Waals surface area contributed by atoms with E-state index in [-0.39, 0.29) is 52.2 Å². The number of hydrogen-bond donors (Lipinski definition) is 2. The van der Waals surface area contributed by atoms with Crippen molar-refractivity contribution >= 4 is 23.7 Å². The van der Waals surface area contributed by atoms with E-state index in [0.29, 0.717) is 5.06 Å². The number of imide groups is 1. The second-order valence-corrected chi connectivity index (χ2v) is 4.53. The average molecular weight is 332 g/mol. The summed E-state index contributed by atoms with van der Waals surface area (Å²) < 4.78 is 10.3. The molecule has 1 heterocycles. The number of nitrogens with zero attached hydrogens (tertiary/aromatic N) is 1. The summed E-state index contributed by atoms with van der Waals surface area (Å²) in [6.07, 6.45) is 0.0149. The lowest BCUT2D eigenvalue weighted by molar-refractivity contribution is -0.198. The van der Waals surface area contributed by atoms with Crippen LogP contribution in [0.1, 0.15) is 19.3 Å². The second-order valence-electron chi connectivity index (χ2n) is 4.53. The zero-order valence-electron chi connectivity index (χ0n) is 12.6. The lowest BCUT2D eigenvalue weighted by Crippen LogP contribution is -2.32. The number of carbonyl (C=O) groups is 4. The fourth-order valence-electron chi connectivity index (χ4n) is 1.60. The highest BCUT2D eigenvalue weighted by molar-refractivity contribution is 6.01. The topological polar surface area (TPSA) is 131 Å². The van der Waals surface area contributed by atoms with Gasteiger partial charge >= 0.3 is 5.97 Å². The maximum atomic E-state index is 11.4. The summed E-state index contributed by atoms with van der Waals surface area (Å²) in [5.41, 5.74) is 0. The molecule has 1 aliphatic rings. The van der Waals surface area contributed by atoms with E-state index in [4.69, 9.17) is 14.6 Å². The van der Waals surface area contributed by atoms with Crippen molar-refractivity contribution in [1.29, 1.82) is 0 Å². The highest BCUT2D eigenvalue weighted by Crippen LogP contribution is 2.12. The van der Waals surface area contributed by atoms with E-state index in [9.17, 15) is 19.2 Å². The predicted molar refractivity (Wildman–Crippen MR) is 73.5 cm³/mol. The molecule has 3 amide bonds. The molecule has 10 heteroatoms. The standard InChI is InChI=1S/C13H20N2O8/c16-9-10(17)14-4-6-22-8-7-21-5-3-13(20)23-15-11(18)1-2-12(15)19/h16H,1-9H2,(H,14,17). The molecule has 23 heavy (non-hydrogen) atoms. The number of amides is 3. The Bertz CT molecular complexity index is 424. The summed E-state index contributed by atoms with van der Waals surface area (Å²) in [6.45, 7) is 0.573. The van der Waals surface area contributed by atoms with Gasteiger partial charge in [-0.3, -0.25) is 14.4 Å². The Labute approximate surface area is 132 Å². The van der Waals surface area contributed by atoms with Gasteiger partial charge in [0, 0.05) is 19.4 Å². The molecule has 130 valence electrons. The molecular formula is C13H20N2O8. The Balaban J connectivity index is 1.94. The summed E-state index contributed by atoms with van der Waals surface area (Å²) in [5, 5.41) is 11.4. The molecule has 0 saturated carbocycles. The van der Waals surface area contributed by atoms with Crippen molar-refractivity contribution in [2.24, 2.45) is 0 Å². The summed E-state index contributed by atoms with van der Waals surface area (Å²) in [6, 6.07) is 0. The summed E-state index contributed by atoms with van der Waals surface area (Å²) in [4.78, 5) is 49.2. The average Bonchev–Trinajstić information content (AvgIpc) is 2.84. The molecule has 0 atom stereocenters. The first-order chi connectivity index (χ1) is 11.0. The molecule has 0 radical (unpaired) electrons. The Morgan fingerprint density at radius 1 is 1.04 bits per heavy atom. The van der Waals surface area contributed by atoms with Gasteiger partial charge in [-0.25, -0.2) is 4.79 Å². The third-order valence-electron chi connectivity index (χ3n) is 2.73. The first kappa shape index (κ1) is 19.0. The molecule has 0 aromatic heterocycles. The minimum absolute atomic E-state index is 0.0543. The van der Waals surface area contributed by atoms with Gasteiger partial charge in [-0.2, -0.15) is 0 Å². The number of carbonyl (C=O) groups excluding carboxylic acids is 4. The van der Waals surface area contributed by atoms with Crippen LogP contribution >= 0.6 is 0 Å². The van der Waals surface area contributed by atoms with Crippen LogP contribution in [0.15, 0.2) is 0 Å². The Hall–Kier alpha value is -2.04. The number of nitrogens with one attached hydrogen (secondary N) is 1. The van der Waals surface area contributed by atoms with Crippen molar-refractivity contribution in [3.8, 4) is 0 Å². The molecule has 0 aromatic rings. The molecule has 1 rings (SSSR count). The molecule has 1 aliphatic heterocycles. The molecular weight excluding hydrogens is 312 g/mol. The number of aliphatic hydroxyl groups is 1. The van der Waals surface area contributed by atoms with E-state index in [0.717, 1.165) is 0 Å². The SMILES string of the molecule is O=C(CO)NCCOCCOCCC(=O)ON1C(=O)CCC1=O. The molecule has 0 aliphatic carbocycles. The lowest BCUT2D eigenvalue weighted by atomic mass is 10.4. The van der Waals surface area contributed by atoms with Crippen molar-refractivity contribution < 1.29 is 38.6 Å². The van der Waals surface area contributed by atoms with E-state index < -0.39 is 30.3 Å². The minimum atomic E-state index is -0.721. The van der Waals surface area contributed by atoms with Gasteiger partial charge in [0.25, 0.3) is 11.8 Å². The van der Waals surface area contributed by atoms with Crippen LogP contribution in [0.25, 0.3) is 0 Å². The molecule has 0 spiro atoms. The highest BCUT2D eigenvalue weighted by Gasteiger charge is 2.32. The predicted octanol–water partition coefficient (Wildman–Crippen LogP) is -1.87. The zero-order chi connectivity index (χ0) is 17.1. The fraction of sp³-hybridized carbons (Fsp3) is 0.692. The molecule has 0 unspecified atom stereocenters. The summed E-state index contributed by atoms with van der Waals surface area (Å²) in [5.74, 6) is -2.24. The smallest absolute Gasteiger partial charge is 0.335 e. The zero-order valence-corrected chi connectivity index (χ0v) is 12.6. The van der Waals surface area contributed by atoms with E-state index >= 15 is 0 Å². The number of hydroxylamine groups is 2. The van der Waals surface area contributed by atoms with Crippen molar-refractivity contribution in [2.45, 2.75) is 19.3 Å². The van der Waals surface area contributed by atoms with E-state index in [1.807, 2.05) is 0 Å². The van der Waals surface area contributed by atoms with Gasteiger partial charge in [-0.05, 0) is 0 Å². The number of aliphatic hydroxyl groups excluding tert-OH is 1. The van der Waals surface area contributed by atoms with Crippen LogP contribution in [0.5, 0.6) is 0 Å². The first-order valence-electron chi connectivity index (χ1n) is 7.14. The van der Waals surface area contributed by atoms with Crippen LogP contribution in [0.4, 0.5) is 0 Å². The largest absolute Gasteiger partial charge is 0.387 e. The van der Waals surface area contributed by atoms with Crippen LogP contribution in [0.2, 0.25) is 0 Å². The van der Waals surface area contributed by atoms with E-state index in [1.54, 1.807) is 0 Å². The molecule has 0 bridgehead atoms. The molecule has 0 aromatic carbocycles. The highest BCUT2D eigenvalue weighted by atomic mass is 16.7. The number of hydrogen-bond acceptors (Lipinski definition) is 8. The van der Waals surface area contributed by atoms with Crippen LogP contribution in [0.3, 0.4) is 0 Å². The Kier molecular flexibility index (Phi) is 8.80. The summed E-state index contributed by atoms with van der Waals surface area (Å²) >= 11 is 0. The summed E-state index contributed by atoms with van der Waals surface area (Å²) in [7, 11) is 0. The fourth-order valence-corrected chi connectivity index (χ4v) is 1.60.